The minimum absolute atomic E-state index is 0.424. The van der Waals surface area contributed by atoms with Gasteiger partial charge in [-0.1, -0.05) is 27.7 Å². The highest BCUT2D eigenvalue weighted by Crippen LogP contribution is 2.32. The van der Waals surface area contributed by atoms with E-state index < -0.39 is 0 Å². The number of hydrogen-bond acceptors (Lipinski definition) is 2. The van der Waals surface area contributed by atoms with Gasteiger partial charge in [0.15, 0.2) is 5.96 Å². The number of imidazole rings is 1. The molecule has 1 unspecified atom stereocenters. The molecule has 2 heterocycles. The van der Waals surface area contributed by atoms with E-state index in [4.69, 9.17) is 0 Å². The third-order valence-corrected chi connectivity index (χ3v) is 4.69. The summed E-state index contributed by atoms with van der Waals surface area (Å²) < 4.78 is 2.23. The molecule has 1 aliphatic heterocycles. The molecule has 1 aromatic rings. The third kappa shape index (κ3) is 4.02. The van der Waals surface area contributed by atoms with Crippen molar-refractivity contribution in [3.63, 3.8) is 0 Å². The van der Waals surface area contributed by atoms with E-state index in [1.165, 1.54) is 12.8 Å². The lowest BCUT2D eigenvalue weighted by Gasteiger charge is -2.25. The average molecular weight is 305 g/mol. The lowest BCUT2D eigenvalue weighted by molar-refractivity contribution is 0.322. The first-order valence-electron chi connectivity index (χ1n) is 8.43. The molecule has 0 radical (unpaired) electrons. The molecule has 1 aliphatic rings. The number of nitrogens with one attached hydrogen (secondary N) is 1. The van der Waals surface area contributed by atoms with Crippen LogP contribution in [0.3, 0.4) is 0 Å². The van der Waals surface area contributed by atoms with E-state index in [2.05, 4.69) is 58.7 Å². The molecular formula is C17H31N5. The molecule has 0 aromatic carbocycles. The smallest absolute Gasteiger partial charge is 0.194 e. The molecule has 2 rings (SSSR count). The van der Waals surface area contributed by atoms with Gasteiger partial charge in [0, 0.05) is 39.1 Å². The Morgan fingerprint density at radius 1 is 1.50 bits per heavy atom. The van der Waals surface area contributed by atoms with Crippen LogP contribution in [0.15, 0.2) is 17.4 Å². The van der Waals surface area contributed by atoms with E-state index >= 15 is 0 Å². The fourth-order valence-electron chi connectivity index (χ4n) is 3.05. The summed E-state index contributed by atoms with van der Waals surface area (Å²) in [7, 11) is 1.87. The van der Waals surface area contributed by atoms with E-state index in [-0.39, 0.29) is 0 Å². The van der Waals surface area contributed by atoms with Crippen molar-refractivity contribution in [3.8, 4) is 0 Å². The highest BCUT2D eigenvalue weighted by molar-refractivity contribution is 5.80. The summed E-state index contributed by atoms with van der Waals surface area (Å²) in [5, 5.41) is 3.48. The number of rotatable bonds is 5. The molecule has 0 saturated carbocycles. The van der Waals surface area contributed by atoms with Gasteiger partial charge in [0.1, 0.15) is 5.82 Å². The molecule has 0 bridgehead atoms. The number of aromatic nitrogens is 2. The summed E-state index contributed by atoms with van der Waals surface area (Å²) in [5.41, 5.74) is 0.424. The minimum Gasteiger partial charge on any atom is -0.349 e. The van der Waals surface area contributed by atoms with Crippen molar-refractivity contribution in [1.29, 1.82) is 0 Å². The van der Waals surface area contributed by atoms with Crippen LogP contribution in [-0.4, -0.2) is 40.5 Å². The monoisotopic (exact) mass is 305 g/mol. The first-order chi connectivity index (χ1) is 10.5. The molecule has 0 spiro atoms. The molecular weight excluding hydrogens is 274 g/mol. The van der Waals surface area contributed by atoms with Crippen molar-refractivity contribution in [2.75, 3.05) is 20.1 Å². The fourth-order valence-corrected chi connectivity index (χ4v) is 3.05. The van der Waals surface area contributed by atoms with Crippen LogP contribution >= 0.6 is 0 Å². The third-order valence-electron chi connectivity index (χ3n) is 4.69. The first-order valence-corrected chi connectivity index (χ1v) is 8.43. The molecule has 5 nitrogen and oxygen atoms in total. The predicted molar refractivity (Wildman–Crippen MR) is 91.9 cm³/mol. The van der Waals surface area contributed by atoms with Crippen molar-refractivity contribution in [3.05, 3.63) is 18.2 Å². The second-order valence-corrected chi connectivity index (χ2v) is 7.13. The van der Waals surface area contributed by atoms with Crippen molar-refractivity contribution in [1.82, 2.24) is 19.8 Å². The Kier molecular flexibility index (Phi) is 5.48. The number of guanidine groups is 1. The Hall–Kier alpha value is -1.52. The summed E-state index contributed by atoms with van der Waals surface area (Å²) in [6.45, 7) is 13.0. The van der Waals surface area contributed by atoms with Gasteiger partial charge in [-0.25, -0.2) is 4.98 Å². The van der Waals surface area contributed by atoms with Gasteiger partial charge in [-0.2, -0.15) is 0 Å². The maximum atomic E-state index is 4.47. The highest BCUT2D eigenvalue weighted by Gasteiger charge is 2.33. The fraction of sp³-hybridized carbons (Fsp3) is 0.765. The average Bonchev–Trinajstić information content (AvgIpc) is 3.07. The molecule has 1 aromatic heterocycles. The SMILES string of the molecule is CCC1(C)CCN(C(=NC)NCc2nccn2CC(C)C)C1. The highest BCUT2D eigenvalue weighted by atomic mass is 15.3. The number of aliphatic imine (C=N–C) groups is 1. The van der Waals surface area contributed by atoms with Gasteiger partial charge in [-0.05, 0) is 24.2 Å². The molecule has 0 amide bonds. The van der Waals surface area contributed by atoms with E-state index in [9.17, 15) is 0 Å². The summed E-state index contributed by atoms with van der Waals surface area (Å²) in [4.78, 5) is 11.3. The molecule has 1 atom stereocenters. The molecule has 1 saturated heterocycles. The van der Waals surface area contributed by atoms with Crippen LogP contribution in [0, 0.1) is 11.3 Å². The lowest BCUT2D eigenvalue weighted by Crippen LogP contribution is -2.41. The van der Waals surface area contributed by atoms with Gasteiger partial charge in [0.05, 0.1) is 6.54 Å². The predicted octanol–water partition coefficient (Wildman–Crippen LogP) is 2.74. The number of nitrogens with zero attached hydrogens (tertiary/aromatic N) is 4. The zero-order chi connectivity index (χ0) is 16.2. The van der Waals surface area contributed by atoms with Crippen molar-refractivity contribution in [2.45, 2.75) is 53.6 Å². The maximum absolute atomic E-state index is 4.47. The van der Waals surface area contributed by atoms with E-state index in [0.717, 1.165) is 38.0 Å². The summed E-state index contributed by atoms with van der Waals surface area (Å²) in [5.74, 6) is 2.69. The Labute approximate surface area is 134 Å². The maximum Gasteiger partial charge on any atom is 0.194 e. The van der Waals surface area contributed by atoms with Crippen LogP contribution in [-0.2, 0) is 13.1 Å². The van der Waals surface area contributed by atoms with Crippen LogP contribution in [0.25, 0.3) is 0 Å². The van der Waals surface area contributed by atoms with Crippen LogP contribution in [0.5, 0.6) is 0 Å². The van der Waals surface area contributed by atoms with Gasteiger partial charge in [0.2, 0.25) is 0 Å². The molecule has 1 N–H and O–H groups in total. The van der Waals surface area contributed by atoms with Gasteiger partial charge in [0.25, 0.3) is 0 Å². The summed E-state index contributed by atoms with van der Waals surface area (Å²) in [6, 6.07) is 0. The van der Waals surface area contributed by atoms with Crippen molar-refractivity contribution < 1.29 is 0 Å². The quantitative estimate of drug-likeness (QED) is 0.672. The zero-order valence-corrected chi connectivity index (χ0v) is 14.8. The molecule has 22 heavy (non-hydrogen) atoms. The normalized spacial score (nSPS) is 22.6. The number of hydrogen-bond donors (Lipinski definition) is 1. The number of likely N-dealkylation sites (tertiary alicyclic amines) is 1. The molecule has 1 fully saturated rings. The second kappa shape index (κ2) is 7.16. The van der Waals surface area contributed by atoms with Crippen molar-refractivity contribution in [2.24, 2.45) is 16.3 Å². The second-order valence-electron chi connectivity index (χ2n) is 7.13. The summed E-state index contributed by atoms with van der Waals surface area (Å²) in [6.07, 6.45) is 6.40. The lowest BCUT2D eigenvalue weighted by atomic mass is 9.87. The van der Waals surface area contributed by atoms with Crippen LogP contribution in [0.4, 0.5) is 0 Å². The Morgan fingerprint density at radius 3 is 2.86 bits per heavy atom. The molecule has 5 heteroatoms. The van der Waals surface area contributed by atoms with Gasteiger partial charge in [-0.15, -0.1) is 0 Å². The minimum atomic E-state index is 0.424. The molecule has 124 valence electrons. The Bertz CT molecular complexity index is 505. The first kappa shape index (κ1) is 16.8. The van der Waals surface area contributed by atoms with Crippen LogP contribution in [0.2, 0.25) is 0 Å². The van der Waals surface area contributed by atoms with Crippen LogP contribution < -0.4 is 5.32 Å². The van der Waals surface area contributed by atoms with Crippen molar-refractivity contribution >= 4 is 5.96 Å². The largest absolute Gasteiger partial charge is 0.349 e. The standard InChI is InChI=1S/C17H31N5/c1-6-17(4)7-9-22(13-17)16(18-5)20-11-15-19-8-10-21(15)12-14(2)3/h8,10,14H,6-7,9,11-13H2,1-5H3,(H,18,20). The van der Waals surface area contributed by atoms with Gasteiger partial charge in [-0.3, -0.25) is 4.99 Å². The van der Waals surface area contributed by atoms with Gasteiger partial charge < -0.3 is 14.8 Å². The van der Waals surface area contributed by atoms with E-state index in [1.807, 2.05) is 13.2 Å². The van der Waals surface area contributed by atoms with E-state index in [0.29, 0.717) is 11.3 Å². The molecule has 0 aliphatic carbocycles. The topological polar surface area (TPSA) is 45.4 Å². The summed E-state index contributed by atoms with van der Waals surface area (Å²) >= 11 is 0. The zero-order valence-electron chi connectivity index (χ0n) is 14.8. The van der Waals surface area contributed by atoms with E-state index in [1.54, 1.807) is 0 Å². The Balaban J connectivity index is 1.94. The van der Waals surface area contributed by atoms with Gasteiger partial charge >= 0.3 is 0 Å². The van der Waals surface area contributed by atoms with Crippen LogP contribution in [0.1, 0.15) is 46.4 Å². The Morgan fingerprint density at radius 2 is 2.27 bits per heavy atom.